The van der Waals surface area contributed by atoms with Crippen LogP contribution in [0, 0.1) is 0 Å². The van der Waals surface area contributed by atoms with Crippen molar-refractivity contribution in [1.82, 2.24) is 0 Å². The molecule has 0 N–H and O–H groups in total. The molecular weight excluding hydrogens is 1550 g/mol. The fourth-order valence-electron chi connectivity index (χ4n) is 20.9. The fraction of sp³-hybridized carbons (Fsp3) is 0. The van der Waals surface area contributed by atoms with E-state index in [4.69, 9.17) is 8.83 Å². The van der Waals surface area contributed by atoms with Gasteiger partial charge in [0.2, 0.25) is 0 Å². The predicted octanol–water partition coefficient (Wildman–Crippen LogP) is 35.9. The van der Waals surface area contributed by atoms with Crippen molar-refractivity contribution >= 4 is 256 Å². The molecule has 0 aliphatic heterocycles. The van der Waals surface area contributed by atoms with E-state index in [-0.39, 0.29) is 0 Å². The topological polar surface area (TPSA) is 26.3 Å². The van der Waals surface area contributed by atoms with E-state index in [1.807, 2.05) is 51.4 Å². The van der Waals surface area contributed by atoms with Crippen molar-refractivity contribution < 1.29 is 8.83 Å². The normalized spacial score (nSPS) is 12.4. The van der Waals surface area contributed by atoms with Gasteiger partial charge in [0, 0.05) is 102 Å². The zero-order valence-corrected chi connectivity index (χ0v) is 68.5. The average Bonchev–Trinajstić information content (AvgIpc) is 1.04. The van der Waals surface area contributed by atoms with E-state index in [0.29, 0.717) is 0 Å². The second-order valence-electron chi connectivity index (χ2n) is 33.1. The SMILES string of the molecule is c1ccc2cc(-c3c4ccccc4c(-c4ccc5sc6c(-c7ccc8cc9sc%10cc%11c(cc%10c9cc8c7)oc7ccccc7%11)cccc6c5c4)c4ccc(-c5ccc6c(-c7cccc8ccccc78)c7ccccc7c(-c7ccc8c(c7)sc7ccc(-c9cccc%10cc%11c(cc9%10)oc9cc%10sc%12ccccc%12c%10cc9%11)cc78)c6c5)cc34)ccc2c1. The Labute approximate surface area is 713 Å². The Morgan fingerprint density at radius 3 is 1.36 bits per heavy atom. The van der Waals surface area contributed by atoms with Crippen molar-refractivity contribution in [3.63, 3.8) is 0 Å². The Kier molecular flexibility index (Phi) is 14.1. The summed E-state index contributed by atoms with van der Waals surface area (Å²) in [5.74, 6) is 0. The summed E-state index contributed by atoms with van der Waals surface area (Å²) in [6.07, 6.45) is 0. The van der Waals surface area contributed by atoms with Crippen LogP contribution in [0.1, 0.15) is 0 Å². The number of benzene rings is 22. The molecule has 0 radical (unpaired) electrons. The van der Waals surface area contributed by atoms with Gasteiger partial charge in [0.25, 0.3) is 0 Å². The second-order valence-corrected chi connectivity index (χ2v) is 37.4. The Morgan fingerprint density at radius 2 is 0.549 bits per heavy atom. The van der Waals surface area contributed by atoms with Gasteiger partial charge in [-0.1, -0.05) is 261 Å². The average molecular weight is 1620 g/mol. The number of rotatable bonds is 7. The molecule has 122 heavy (non-hydrogen) atoms. The maximum absolute atomic E-state index is 6.78. The van der Waals surface area contributed by atoms with Crippen LogP contribution in [0.3, 0.4) is 0 Å². The summed E-state index contributed by atoms with van der Waals surface area (Å²) in [5.41, 5.74) is 20.6. The van der Waals surface area contributed by atoms with Crippen molar-refractivity contribution in [2.45, 2.75) is 0 Å². The monoisotopic (exact) mass is 1610 g/mol. The first kappa shape index (κ1) is 67.3. The number of hydrogen-bond donors (Lipinski definition) is 0. The molecule has 0 aliphatic rings. The quantitative estimate of drug-likeness (QED) is 0.149. The van der Waals surface area contributed by atoms with Crippen LogP contribution in [0.5, 0.6) is 0 Å². The minimum absolute atomic E-state index is 0.909. The van der Waals surface area contributed by atoms with Crippen LogP contribution in [0.4, 0.5) is 0 Å². The summed E-state index contributed by atoms with van der Waals surface area (Å²) < 4.78 is 23.4. The number of thiophene rings is 4. The molecule has 0 aliphatic carbocycles. The van der Waals surface area contributed by atoms with E-state index in [9.17, 15) is 0 Å². The van der Waals surface area contributed by atoms with Crippen LogP contribution in [0.2, 0.25) is 0 Å². The summed E-state index contributed by atoms with van der Waals surface area (Å²) in [7, 11) is 0. The van der Waals surface area contributed by atoms with Gasteiger partial charge in [0.1, 0.15) is 22.3 Å². The molecule has 28 aromatic rings. The van der Waals surface area contributed by atoms with Crippen molar-refractivity contribution in [2.24, 2.45) is 0 Å². The largest absolute Gasteiger partial charge is 0.456 e. The third-order valence-corrected chi connectivity index (χ3v) is 31.1. The summed E-state index contributed by atoms with van der Waals surface area (Å²) in [6.45, 7) is 0. The molecule has 0 fully saturated rings. The summed E-state index contributed by atoms with van der Waals surface area (Å²) in [6, 6.07) is 143. The van der Waals surface area contributed by atoms with Crippen LogP contribution in [0.15, 0.2) is 385 Å². The van der Waals surface area contributed by atoms with Gasteiger partial charge in [-0.25, -0.2) is 0 Å². The van der Waals surface area contributed by atoms with Crippen LogP contribution in [-0.4, -0.2) is 0 Å². The molecule has 0 atom stereocenters. The molecule has 0 spiro atoms. The highest BCUT2D eigenvalue weighted by atomic mass is 32.1. The number of fused-ring (bicyclic) bond motifs is 26. The molecular formula is C116H62O2S4. The fourth-order valence-corrected chi connectivity index (χ4v) is 25.5. The Balaban J connectivity index is 0.602. The van der Waals surface area contributed by atoms with Crippen molar-refractivity contribution in [2.75, 3.05) is 0 Å². The molecule has 0 bridgehead atoms. The lowest BCUT2D eigenvalue weighted by Crippen LogP contribution is -1.93. The summed E-state index contributed by atoms with van der Waals surface area (Å²) >= 11 is 7.48. The maximum atomic E-state index is 6.78. The van der Waals surface area contributed by atoms with E-state index in [2.05, 4.69) is 370 Å². The molecule has 22 aromatic carbocycles. The van der Waals surface area contributed by atoms with Crippen LogP contribution in [-0.2, 0) is 0 Å². The molecule has 2 nitrogen and oxygen atoms in total. The lowest BCUT2D eigenvalue weighted by atomic mass is 9.82. The van der Waals surface area contributed by atoms with Gasteiger partial charge in [-0.2, -0.15) is 0 Å². The molecule has 0 saturated heterocycles. The third kappa shape index (κ3) is 9.91. The molecule has 28 rings (SSSR count). The van der Waals surface area contributed by atoms with Crippen molar-refractivity contribution in [1.29, 1.82) is 0 Å². The molecule has 0 amide bonds. The maximum Gasteiger partial charge on any atom is 0.136 e. The van der Waals surface area contributed by atoms with Crippen LogP contribution >= 0.6 is 45.3 Å². The summed E-state index contributed by atoms with van der Waals surface area (Å²) in [4.78, 5) is 0. The number of furan rings is 2. The molecule has 6 heteroatoms. The zero-order chi connectivity index (χ0) is 79.3. The molecule has 6 aromatic heterocycles. The van der Waals surface area contributed by atoms with E-state index in [1.165, 1.54) is 239 Å². The molecule has 0 saturated carbocycles. The standard InChI is InChI=1S/C116H62O2S4/c1-2-18-65-48-72(37-34-63(65)16-1)113-84-25-6-5-24-83(84)112(73-42-47-107-95(54-73)89-31-15-29-78(116(89)122-107)70-36-35-68-56-109-96(55-75(68)49-70)98-60-103-93(61-110(98)121-109)79-22-9-11-32-101(79)117-103)87-44-38-66(50-99(87)113)67-39-45-88-100(51-67)114(85-26-7-8-27-86(85)115(88)82-30-13-19-64-17-3-4-21-76(64)82)74-40-43-81-94-53-71(41-46-106(94)120-108(81)57-74)77-28-14-20-69-52-91-92-58-97-80-23-10-12-33-105(80)119-111(97)62-104(92)118-102(91)59-90(69)77/h1-62H. The Morgan fingerprint density at radius 1 is 0.139 bits per heavy atom. The Hall–Kier alpha value is -14.6. The number of para-hydroxylation sites is 1. The molecule has 6 heterocycles. The van der Waals surface area contributed by atoms with Gasteiger partial charge in [-0.15, -0.1) is 45.3 Å². The highest BCUT2D eigenvalue weighted by Gasteiger charge is 2.26. The van der Waals surface area contributed by atoms with Crippen molar-refractivity contribution in [3.05, 3.63) is 376 Å². The van der Waals surface area contributed by atoms with Crippen molar-refractivity contribution in [3.8, 4) is 77.9 Å². The first-order valence-electron chi connectivity index (χ1n) is 41.7. The highest BCUT2D eigenvalue weighted by Crippen LogP contribution is 2.54. The van der Waals surface area contributed by atoms with E-state index < -0.39 is 0 Å². The van der Waals surface area contributed by atoms with E-state index in [1.54, 1.807) is 0 Å². The van der Waals surface area contributed by atoms with Crippen LogP contribution in [0.25, 0.3) is 289 Å². The lowest BCUT2D eigenvalue weighted by Gasteiger charge is -2.21. The second kappa shape index (κ2) is 25.5. The zero-order valence-electron chi connectivity index (χ0n) is 65.2. The first-order chi connectivity index (χ1) is 60.4. The third-order valence-electron chi connectivity index (χ3n) is 26.5. The van der Waals surface area contributed by atoms with Gasteiger partial charge in [-0.05, 0) is 279 Å². The summed E-state index contributed by atoms with van der Waals surface area (Å²) in [5, 5.41) is 34.3. The lowest BCUT2D eigenvalue weighted by molar-refractivity contribution is 0.669. The first-order valence-corrected chi connectivity index (χ1v) is 44.9. The van der Waals surface area contributed by atoms with E-state index in [0.717, 1.165) is 49.6 Å². The smallest absolute Gasteiger partial charge is 0.136 e. The van der Waals surface area contributed by atoms with Gasteiger partial charge in [0.05, 0.1) is 0 Å². The predicted molar refractivity (Wildman–Crippen MR) is 531 cm³/mol. The minimum Gasteiger partial charge on any atom is -0.456 e. The Bertz CT molecular complexity index is 9560. The highest BCUT2D eigenvalue weighted by molar-refractivity contribution is 7.27. The number of hydrogen-bond acceptors (Lipinski definition) is 6. The van der Waals surface area contributed by atoms with Crippen LogP contribution < -0.4 is 0 Å². The van der Waals surface area contributed by atoms with E-state index >= 15 is 0 Å². The van der Waals surface area contributed by atoms with Gasteiger partial charge in [-0.3, -0.25) is 0 Å². The molecule has 0 unspecified atom stereocenters. The van der Waals surface area contributed by atoms with Gasteiger partial charge < -0.3 is 8.83 Å². The minimum atomic E-state index is 0.909. The van der Waals surface area contributed by atoms with Gasteiger partial charge in [0.15, 0.2) is 0 Å². The van der Waals surface area contributed by atoms with Gasteiger partial charge >= 0.3 is 0 Å². The molecule has 562 valence electrons.